The van der Waals surface area contributed by atoms with Gasteiger partial charge in [-0.3, -0.25) is 10.2 Å². The van der Waals surface area contributed by atoms with Gasteiger partial charge in [-0.15, -0.1) is 0 Å². The number of pyridine rings is 1. The Morgan fingerprint density at radius 1 is 1.45 bits per heavy atom. The standard InChI is InChI=1S/C7H9N3.C5H7N.CH4N2O/c1-5(8)6-3-2-4-10-7(6)9;1-5-3-2-4-6-5;2-3-1-4/h2-4,8H,1H3,(H2,9,10);2-4,6H,1H3;1H,2H2,(H,3,4). The van der Waals surface area contributed by atoms with Crippen LogP contribution >= 0.6 is 0 Å². The molecular formula is C13H20N6O. The van der Waals surface area contributed by atoms with Gasteiger partial charge in [-0.05, 0) is 38.1 Å². The first kappa shape index (κ1) is 17.3. The highest BCUT2D eigenvalue weighted by molar-refractivity contribution is 5.99. The van der Waals surface area contributed by atoms with Gasteiger partial charge in [-0.25, -0.2) is 10.8 Å². The molecule has 2 aromatic rings. The summed E-state index contributed by atoms with van der Waals surface area (Å²) in [6.07, 6.45) is 3.93. The molecular weight excluding hydrogens is 256 g/mol. The number of anilines is 1. The smallest absolute Gasteiger partial charge is 0.221 e. The quantitative estimate of drug-likeness (QED) is 0.184. The third-order valence-electron chi connectivity index (χ3n) is 2.06. The fourth-order valence-corrected chi connectivity index (χ4v) is 1.15. The zero-order valence-corrected chi connectivity index (χ0v) is 11.6. The average Bonchev–Trinajstić information content (AvgIpc) is 2.91. The molecule has 0 aliphatic rings. The molecule has 2 aromatic heterocycles. The van der Waals surface area contributed by atoms with Crippen LogP contribution in [0, 0.1) is 12.3 Å². The molecule has 2 heterocycles. The number of nitrogen functional groups attached to an aromatic ring is 1. The summed E-state index contributed by atoms with van der Waals surface area (Å²) in [6, 6.07) is 7.56. The number of aryl methyl sites for hydroxylation is 1. The predicted molar refractivity (Wildman–Crippen MR) is 80.1 cm³/mol. The lowest BCUT2D eigenvalue weighted by Crippen LogP contribution is -2.18. The van der Waals surface area contributed by atoms with Crippen LogP contribution in [0.3, 0.4) is 0 Å². The lowest BCUT2D eigenvalue weighted by atomic mass is 10.2. The molecule has 7 heteroatoms. The lowest BCUT2D eigenvalue weighted by Gasteiger charge is -1.99. The van der Waals surface area contributed by atoms with Gasteiger partial charge in [0.05, 0.1) is 0 Å². The monoisotopic (exact) mass is 276 g/mol. The van der Waals surface area contributed by atoms with Crippen LogP contribution in [0.4, 0.5) is 5.82 Å². The molecule has 2 rings (SSSR count). The van der Waals surface area contributed by atoms with Crippen molar-refractivity contribution in [3.8, 4) is 0 Å². The summed E-state index contributed by atoms with van der Waals surface area (Å²) in [5.41, 5.74) is 9.60. The fourth-order valence-electron chi connectivity index (χ4n) is 1.15. The summed E-state index contributed by atoms with van der Waals surface area (Å²) in [7, 11) is 0. The van der Waals surface area contributed by atoms with Crippen LogP contribution in [-0.2, 0) is 4.79 Å². The van der Waals surface area contributed by atoms with Gasteiger partial charge < -0.3 is 16.1 Å². The Labute approximate surface area is 117 Å². The average molecular weight is 276 g/mol. The molecule has 0 radical (unpaired) electrons. The van der Waals surface area contributed by atoms with E-state index >= 15 is 0 Å². The number of aromatic nitrogens is 2. The van der Waals surface area contributed by atoms with Crippen LogP contribution < -0.4 is 17.0 Å². The maximum absolute atomic E-state index is 8.94. The number of rotatable bonds is 2. The van der Waals surface area contributed by atoms with Crippen LogP contribution in [-0.4, -0.2) is 22.1 Å². The van der Waals surface area contributed by atoms with E-state index in [-0.39, 0.29) is 0 Å². The number of hydrogen-bond donors (Lipinski definition) is 5. The van der Waals surface area contributed by atoms with E-state index in [1.807, 2.05) is 25.3 Å². The molecule has 0 aliphatic heterocycles. The van der Waals surface area contributed by atoms with Crippen LogP contribution in [0.2, 0.25) is 0 Å². The molecule has 7 N–H and O–H groups in total. The Morgan fingerprint density at radius 2 is 2.10 bits per heavy atom. The van der Waals surface area contributed by atoms with Gasteiger partial charge in [-0.2, -0.15) is 0 Å². The Hall–Kier alpha value is -2.67. The zero-order valence-electron chi connectivity index (χ0n) is 11.6. The molecule has 0 fully saturated rings. The minimum atomic E-state index is 0.403. The zero-order chi connectivity index (χ0) is 15.4. The lowest BCUT2D eigenvalue weighted by molar-refractivity contribution is -0.109. The topological polar surface area (TPSA) is 134 Å². The third-order valence-corrected chi connectivity index (χ3v) is 2.06. The number of aromatic amines is 1. The van der Waals surface area contributed by atoms with E-state index in [1.165, 1.54) is 5.69 Å². The largest absolute Gasteiger partial charge is 0.383 e. The van der Waals surface area contributed by atoms with Gasteiger partial charge in [0, 0.05) is 29.4 Å². The highest BCUT2D eigenvalue weighted by atomic mass is 16.1. The van der Waals surface area contributed by atoms with Gasteiger partial charge in [0.25, 0.3) is 0 Å². The van der Waals surface area contributed by atoms with Crippen molar-refractivity contribution in [1.29, 1.82) is 5.41 Å². The van der Waals surface area contributed by atoms with E-state index < -0.39 is 0 Å². The van der Waals surface area contributed by atoms with Crippen molar-refractivity contribution in [2.45, 2.75) is 13.8 Å². The number of hydrazine groups is 1. The Bertz CT molecular complexity index is 509. The molecule has 0 spiro atoms. The first-order valence-electron chi connectivity index (χ1n) is 5.78. The van der Waals surface area contributed by atoms with Crippen molar-refractivity contribution in [3.63, 3.8) is 0 Å². The minimum Gasteiger partial charge on any atom is -0.383 e. The van der Waals surface area contributed by atoms with Gasteiger partial charge in [0.1, 0.15) is 5.82 Å². The van der Waals surface area contributed by atoms with E-state index in [0.29, 0.717) is 23.5 Å². The third kappa shape index (κ3) is 7.62. The number of carbonyl (C=O) groups is 1. The first-order chi connectivity index (χ1) is 9.52. The van der Waals surface area contributed by atoms with Gasteiger partial charge in [-0.1, -0.05) is 0 Å². The van der Waals surface area contributed by atoms with Crippen molar-refractivity contribution in [1.82, 2.24) is 15.4 Å². The summed E-state index contributed by atoms with van der Waals surface area (Å²) in [4.78, 5) is 15.8. The number of nitrogens with zero attached hydrogens (tertiary/aromatic N) is 1. The summed E-state index contributed by atoms with van der Waals surface area (Å²) in [6.45, 7) is 3.72. The molecule has 0 aliphatic carbocycles. The minimum absolute atomic E-state index is 0.403. The van der Waals surface area contributed by atoms with Crippen molar-refractivity contribution in [3.05, 3.63) is 47.9 Å². The maximum Gasteiger partial charge on any atom is 0.221 e. The number of hydrogen-bond acceptors (Lipinski definition) is 5. The highest BCUT2D eigenvalue weighted by Gasteiger charge is 1.98. The molecule has 0 aromatic carbocycles. The van der Waals surface area contributed by atoms with E-state index in [9.17, 15) is 0 Å². The number of nitrogens with one attached hydrogen (secondary N) is 3. The number of nitrogens with two attached hydrogens (primary N) is 2. The van der Waals surface area contributed by atoms with Crippen molar-refractivity contribution in [2.75, 3.05) is 5.73 Å². The van der Waals surface area contributed by atoms with Gasteiger partial charge in [0.2, 0.25) is 6.41 Å². The van der Waals surface area contributed by atoms with Crippen molar-refractivity contribution < 1.29 is 4.79 Å². The van der Waals surface area contributed by atoms with E-state index in [1.54, 1.807) is 30.7 Å². The summed E-state index contributed by atoms with van der Waals surface area (Å²) in [5, 5.41) is 7.26. The summed E-state index contributed by atoms with van der Waals surface area (Å²) < 4.78 is 0. The SMILES string of the molecule is CC(=N)c1cccnc1N.Cc1ccc[nH]1.NNC=O. The van der Waals surface area contributed by atoms with Gasteiger partial charge in [0.15, 0.2) is 0 Å². The second-order valence-corrected chi connectivity index (χ2v) is 3.70. The normalized spacial score (nSPS) is 8.35. The predicted octanol–water partition coefficient (Wildman–Crippen LogP) is 0.981. The molecule has 0 saturated carbocycles. The Kier molecular flexibility index (Phi) is 8.90. The fraction of sp³-hybridized carbons (Fsp3) is 0.154. The second-order valence-electron chi connectivity index (χ2n) is 3.70. The Balaban J connectivity index is 0.000000307. The molecule has 108 valence electrons. The molecule has 0 saturated heterocycles. The van der Waals surface area contributed by atoms with E-state index in [0.717, 1.165) is 0 Å². The molecule has 0 bridgehead atoms. The summed E-state index contributed by atoms with van der Waals surface area (Å²) in [5.74, 6) is 4.84. The van der Waals surface area contributed by atoms with E-state index in [2.05, 4.69) is 15.8 Å². The molecule has 20 heavy (non-hydrogen) atoms. The number of H-pyrrole nitrogens is 1. The molecule has 7 nitrogen and oxygen atoms in total. The van der Waals surface area contributed by atoms with Crippen molar-refractivity contribution in [2.24, 2.45) is 5.84 Å². The van der Waals surface area contributed by atoms with Crippen LogP contribution in [0.1, 0.15) is 18.2 Å². The first-order valence-corrected chi connectivity index (χ1v) is 5.78. The number of amides is 1. The van der Waals surface area contributed by atoms with E-state index in [4.69, 9.17) is 15.9 Å². The maximum atomic E-state index is 8.94. The van der Waals surface area contributed by atoms with Crippen LogP contribution in [0.15, 0.2) is 36.7 Å². The van der Waals surface area contributed by atoms with Gasteiger partial charge >= 0.3 is 0 Å². The molecule has 1 amide bonds. The van der Waals surface area contributed by atoms with Crippen LogP contribution in [0.25, 0.3) is 0 Å². The highest BCUT2D eigenvalue weighted by Crippen LogP contribution is 2.06. The Morgan fingerprint density at radius 3 is 2.35 bits per heavy atom. The summed E-state index contributed by atoms with van der Waals surface area (Å²) >= 11 is 0. The molecule has 0 unspecified atom stereocenters. The molecule has 0 atom stereocenters. The van der Waals surface area contributed by atoms with Crippen molar-refractivity contribution >= 4 is 17.9 Å². The second kappa shape index (κ2) is 10.3. The number of carbonyl (C=O) groups excluding carboxylic acids is 1. The van der Waals surface area contributed by atoms with Crippen LogP contribution in [0.5, 0.6) is 0 Å².